The van der Waals surface area contributed by atoms with Crippen molar-refractivity contribution in [2.75, 3.05) is 19.7 Å². The molecule has 1 rings (SSSR count). The number of carboxylic acid groups (broad SMARTS) is 1. The van der Waals surface area contributed by atoms with Crippen molar-refractivity contribution in [1.29, 1.82) is 0 Å². The Morgan fingerprint density at radius 3 is 2.56 bits per heavy atom. The third-order valence-electron chi connectivity index (χ3n) is 2.08. The minimum Gasteiger partial charge on any atom is -0.481 e. The summed E-state index contributed by atoms with van der Waals surface area (Å²) in [5.41, 5.74) is 0. The van der Waals surface area contributed by atoms with E-state index in [0.717, 1.165) is 19.9 Å². The van der Waals surface area contributed by atoms with E-state index >= 15 is 0 Å². The molecule has 1 aliphatic rings. The van der Waals surface area contributed by atoms with Crippen LogP contribution < -0.4 is 0 Å². The van der Waals surface area contributed by atoms with Crippen molar-refractivity contribution in [1.82, 2.24) is 4.90 Å². The number of allylic oxidation sites excluding steroid dienone is 1. The lowest BCUT2D eigenvalue weighted by Crippen LogP contribution is -2.29. The van der Waals surface area contributed by atoms with Gasteiger partial charge in [0.1, 0.15) is 6.61 Å². The molecule has 0 unspecified atom stereocenters. The van der Waals surface area contributed by atoms with Crippen LogP contribution >= 0.6 is 0 Å². The zero-order chi connectivity index (χ0) is 14.0. The molecular weight excluding hydrogens is 238 g/mol. The van der Waals surface area contributed by atoms with Crippen LogP contribution in [0.5, 0.6) is 0 Å². The standard InChI is InChI=1S/C10H15NO3.C2H4O2/c1-2-4-10(13)14-8-7-11-6-3-5-9(11)12;1-2(3)4/h2,4H,3,5-8H2,1H3;1H3,(H,3,4)/b4-2-;. The van der Waals surface area contributed by atoms with Crippen molar-refractivity contribution in [3.8, 4) is 0 Å². The van der Waals surface area contributed by atoms with Crippen molar-refractivity contribution in [2.24, 2.45) is 0 Å². The molecule has 6 nitrogen and oxygen atoms in total. The summed E-state index contributed by atoms with van der Waals surface area (Å²) in [6.07, 6.45) is 4.54. The fourth-order valence-electron chi connectivity index (χ4n) is 1.38. The number of rotatable bonds is 4. The second kappa shape index (κ2) is 9.21. The van der Waals surface area contributed by atoms with Crippen LogP contribution in [0, 0.1) is 0 Å². The molecule has 1 fully saturated rings. The SMILES string of the molecule is C/C=C\C(=O)OCCN1CCCC1=O.CC(=O)O. The highest BCUT2D eigenvalue weighted by Gasteiger charge is 2.19. The highest BCUT2D eigenvalue weighted by molar-refractivity contribution is 5.81. The number of likely N-dealkylation sites (tertiary alicyclic amines) is 1. The molecular formula is C12H19NO5. The van der Waals surface area contributed by atoms with Gasteiger partial charge in [-0.1, -0.05) is 6.08 Å². The molecule has 0 spiro atoms. The van der Waals surface area contributed by atoms with E-state index in [1.54, 1.807) is 17.9 Å². The lowest BCUT2D eigenvalue weighted by molar-refractivity contribution is -0.140. The first-order valence-corrected chi connectivity index (χ1v) is 5.74. The molecule has 1 saturated heterocycles. The van der Waals surface area contributed by atoms with Crippen molar-refractivity contribution < 1.29 is 24.2 Å². The van der Waals surface area contributed by atoms with Gasteiger partial charge in [0.05, 0.1) is 6.54 Å². The summed E-state index contributed by atoms with van der Waals surface area (Å²) >= 11 is 0. The number of carboxylic acids is 1. The first kappa shape index (κ1) is 16.1. The molecule has 0 saturated carbocycles. The quantitative estimate of drug-likeness (QED) is 0.595. The predicted octanol–water partition coefficient (Wildman–Crippen LogP) is 0.819. The van der Waals surface area contributed by atoms with Crippen molar-refractivity contribution in [3.63, 3.8) is 0 Å². The predicted molar refractivity (Wildman–Crippen MR) is 64.9 cm³/mol. The molecule has 1 N–H and O–H groups in total. The number of hydrogen-bond donors (Lipinski definition) is 1. The minimum atomic E-state index is -0.833. The molecule has 1 amide bonds. The fraction of sp³-hybridized carbons (Fsp3) is 0.583. The van der Waals surface area contributed by atoms with Crippen molar-refractivity contribution in [3.05, 3.63) is 12.2 Å². The summed E-state index contributed by atoms with van der Waals surface area (Å²) in [5.74, 6) is -1.02. The summed E-state index contributed by atoms with van der Waals surface area (Å²) < 4.78 is 4.87. The largest absolute Gasteiger partial charge is 0.481 e. The van der Waals surface area contributed by atoms with Crippen molar-refractivity contribution in [2.45, 2.75) is 26.7 Å². The second-order valence-electron chi connectivity index (χ2n) is 3.67. The van der Waals surface area contributed by atoms with Gasteiger partial charge in [-0.3, -0.25) is 9.59 Å². The molecule has 0 aliphatic carbocycles. The van der Waals surface area contributed by atoms with Gasteiger partial charge < -0.3 is 14.7 Å². The molecule has 0 bridgehead atoms. The number of esters is 1. The van der Waals surface area contributed by atoms with E-state index in [-0.39, 0.29) is 18.5 Å². The van der Waals surface area contributed by atoms with Crippen LogP contribution in [-0.4, -0.2) is 47.5 Å². The van der Waals surface area contributed by atoms with Gasteiger partial charge in [0, 0.05) is 26.0 Å². The molecule has 0 aromatic heterocycles. The third-order valence-corrected chi connectivity index (χ3v) is 2.08. The highest BCUT2D eigenvalue weighted by Crippen LogP contribution is 2.08. The average Bonchev–Trinajstić information content (AvgIpc) is 2.64. The maximum atomic E-state index is 11.1. The monoisotopic (exact) mass is 257 g/mol. The molecule has 1 heterocycles. The third kappa shape index (κ3) is 8.32. The van der Waals surface area contributed by atoms with Crippen LogP contribution in [0.1, 0.15) is 26.7 Å². The molecule has 0 atom stereocenters. The van der Waals surface area contributed by atoms with E-state index in [1.165, 1.54) is 6.08 Å². The Morgan fingerprint density at radius 2 is 2.11 bits per heavy atom. The van der Waals surface area contributed by atoms with E-state index in [1.807, 2.05) is 0 Å². The van der Waals surface area contributed by atoms with E-state index in [2.05, 4.69) is 0 Å². The maximum Gasteiger partial charge on any atom is 0.330 e. The molecule has 1 aliphatic heterocycles. The minimum absolute atomic E-state index is 0.159. The highest BCUT2D eigenvalue weighted by atomic mass is 16.5. The Bertz CT molecular complexity index is 320. The lowest BCUT2D eigenvalue weighted by Gasteiger charge is -2.14. The van der Waals surface area contributed by atoms with E-state index < -0.39 is 5.97 Å². The first-order valence-electron chi connectivity index (χ1n) is 5.74. The van der Waals surface area contributed by atoms with Gasteiger partial charge in [-0.25, -0.2) is 4.79 Å². The summed E-state index contributed by atoms with van der Waals surface area (Å²) in [6, 6.07) is 0. The van der Waals surface area contributed by atoms with Gasteiger partial charge in [0.25, 0.3) is 5.97 Å². The number of nitrogens with zero attached hydrogens (tertiary/aromatic N) is 1. The van der Waals surface area contributed by atoms with Crippen LogP contribution in [0.4, 0.5) is 0 Å². The summed E-state index contributed by atoms with van der Waals surface area (Å²) in [5, 5.41) is 7.42. The fourth-order valence-corrected chi connectivity index (χ4v) is 1.38. The van der Waals surface area contributed by atoms with E-state index in [0.29, 0.717) is 13.0 Å². The number of hydrogen-bond acceptors (Lipinski definition) is 4. The Labute approximate surface area is 106 Å². The zero-order valence-corrected chi connectivity index (χ0v) is 10.7. The molecule has 6 heteroatoms. The number of aliphatic carboxylic acids is 1. The zero-order valence-electron chi connectivity index (χ0n) is 10.7. The van der Waals surface area contributed by atoms with Gasteiger partial charge in [0.2, 0.25) is 5.91 Å². The molecule has 102 valence electrons. The molecule has 18 heavy (non-hydrogen) atoms. The maximum absolute atomic E-state index is 11.1. The van der Waals surface area contributed by atoms with Gasteiger partial charge in [0.15, 0.2) is 0 Å². The average molecular weight is 257 g/mol. The summed E-state index contributed by atoms with van der Waals surface area (Å²) in [4.78, 5) is 32.8. The topological polar surface area (TPSA) is 83.9 Å². The van der Waals surface area contributed by atoms with Crippen LogP contribution in [0.3, 0.4) is 0 Å². The van der Waals surface area contributed by atoms with Gasteiger partial charge >= 0.3 is 5.97 Å². The second-order valence-corrected chi connectivity index (χ2v) is 3.67. The van der Waals surface area contributed by atoms with Crippen LogP contribution in [-0.2, 0) is 19.1 Å². The lowest BCUT2D eigenvalue weighted by atomic mass is 10.4. The number of ether oxygens (including phenoxy) is 1. The van der Waals surface area contributed by atoms with Crippen molar-refractivity contribution >= 4 is 17.8 Å². The summed E-state index contributed by atoms with van der Waals surface area (Å²) in [7, 11) is 0. The van der Waals surface area contributed by atoms with Crippen LogP contribution in [0.25, 0.3) is 0 Å². The first-order chi connectivity index (χ1) is 8.47. The van der Waals surface area contributed by atoms with E-state index in [9.17, 15) is 9.59 Å². The Morgan fingerprint density at radius 1 is 1.50 bits per heavy atom. The van der Waals surface area contributed by atoms with Gasteiger partial charge in [-0.15, -0.1) is 0 Å². The number of carbonyl (C=O) groups is 3. The van der Waals surface area contributed by atoms with E-state index in [4.69, 9.17) is 14.6 Å². The smallest absolute Gasteiger partial charge is 0.330 e. The molecule has 0 radical (unpaired) electrons. The summed E-state index contributed by atoms with van der Waals surface area (Å²) in [6.45, 7) is 4.43. The van der Waals surface area contributed by atoms with Crippen LogP contribution in [0.15, 0.2) is 12.2 Å². The number of amides is 1. The molecule has 0 aromatic carbocycles. The number of carbonyl (C=O) groups excluding carboxylic acids is 2. The molecule has 0 aromatic rings. The normalized spacial score (nSPS) is 14.3. The van der Waals surface area contributed by atoms with Gasteiger partial charge in [-0.05, 0) is 13.3 Å². The van der Waals surface area contributed by atoms with Crippen LogP contribution in [0.2, 0.25) is 0 Å². The Kier molecular flexibility index (Phi) is 8.26. The Balaban J connectivity index is 0.000000631. The van der Waals surface area contributed by atoms with Gasteiger partial charge in [-0.2, -0.15) is 0 Å². The Hall–Kier alpha value is -1.85.